The molecule has 2 aliphatic rings. The zero-order valence-electron chi connectivity index (χ0n) is 16.6. The van der Waals surface area contributed by atoms with Crippen molar-refractivity contribution in [2.24, 2.45) is 5.92 Å². The van der Waals surface area contributed by atoms with Gasteiger partial charge in [0, 0.05) is 18.7 Å². The first kappa shape index (κ1) is 20.8. The van der Waals surface area contributed by atoms with E-state index >= 15 is 0 Å². The van der Waals surface area contributed by atoms with E-state index in [2.05, 4.69) is 12.2 Å². The van der Waals surface area contributed by atoms with Crippen LogP contribution >= 0.6 is 11.8 Å². The summed E-state index contributed by atoms with van der Waals surface area (Å²) in [7, 11) is 0. The van der Waals surface area contributed by atoms with Gasteiger partial charge in [0.15, 0.2) is 6.10 Å². The Morgan fingerprint density at radius 1 is 1.32 bits per heavy atom. The molecule has 0 spiro atoms. The van der Waals surface area contributed by atoms with Crippen LogP contribution in [0.15, 0.2) is 22.8 Å². The minimum absolute atomic E-state index is 0.126. The van der Waals surface area contributed by atoms with Crippen LogP contribution < -0.4 is 5.32 Å². The van der Waals surface area contributed by atoms with E-state index in [4.69, 9.17) is 9.15 Å². The number of hydrogen-bond donors (Lipinski definition) is 1. The largest absolute Gasteiger partial charge is 0.466 e. The van der Waals surface area contributed by atoms with Gasteiger partial charge in [0.25, 0.3) is 5.91 Å². The van der Waals surface area contributed by atoms with Crippen molar-refractivity contribution in [2.75, 3.05) is 5.75 Å². The van der Waals surface area contributed by atoms with Gasteiger partial charge in [0.2, 0.25) is 5.91 Å². The van der Waals surface area contributed by atoms with Crippen LogP contribution in [0.25, 0.3) is 0 Å². The van der Waals surface area contributed by atoms with E-state index in [1.807, 2.05) is 0 Å². The van der Waals surface area contributed by atoms with Gasteiger partial charge in [-0.2, -0.15) is 0 Å². The monoisotopic (exact) mass is 408 g/mol. The summed E-state index contributed by atoms with van der Waals surface area (Å²) in [6.07, 6.45) is 4.98. The van der Waals surface area contributed by atoms with Crippen molar-refractivity contribution in [2.45, 2.75) is 70.0 Å². The van der Waals surface area contributed by atoms with Crippen molar-refractivity contribution < 1.29 is 23.5 Å². The molecule has 7 nitrogen and oxygen atoms in total. The number of hydrogen-bond acceptors (Lipinski definition) is 6. The summed E-state index contributed by atoms with van der Waals surface area (Å²) in [5.74, 6) is 0.367. The molecule has 2 amide bonds. The molecule has 0 unspecified atom stereocenters. The first-order chi connectivity index (χ1) is 13.4. The molecule has 154 valence electrons. The predicted octanol–water partition coefficient (Wildman–Crippen LogP) is 2.87. The molecule has 1 aromatic heterocycles. The van der Waals surface area contributed by atoms with Gasteiger partial charge < -0.3 is 19.4 Å². The maximum absolute atomic E-state index is 12.7. The quantitative estimate of drug-likeness (QED) is 0.754. The SMILES string of the molecule is CC(=O)N1[C@@H](c2ccco2)SC[C@H]1C(=O)O[C@H](C)C(=O)N[C@@H]1CCCC[C@H]1C. The second kappa shape index (κ2) is 9.03. The average Bonchev–Trinajstić information content (AvgIpc) is 3.32. The molecule has 0 bridgehead atoms. The lowest BCUT2D eigenvalue weighted by Gasteiger charge is -2.31. The fourth-order valence-electron chi connectivity index (χ4n) is 3.86. The number of nitrogens with zero attached hydrogens (tertiary/aromatic N) is 1. The second-order valence-electron chi connectivity index (χ2n) is 7.60. The van der Waals surface area contributed by atoms with Gasteiger partial charge in [0.1, 0.15) is 17.2 Å². The first-order valence-corrected chi connectivity index (χ1v) is 10.9. The number of rotatable bonds is 5. The molecule has 1 saturated heterocycles. The smallest absolute Gasteiger partial charge is 0.330 e. The molecular weight excluding hydrogens is 380 g/mol. The normalized spacial score (nSPS) is 28.6. The second-order valence-corrected chi connectivity index (χ2v) is 8.71. The van der Waals surface area contributed by atoms with Crippen LogP contribution in [0.2, 0.25) is 0 Å². The number of carbonyl (C=O) groups is 3. The lowest BCUT2D eigenvalue weighted by Crippen LogP contribution is -2.48. The van der Waals surface area contributed by atoms with E-state index in [1.54, 1.807) is 25.3 Å². The van der Waals surface area contributed by atoms with Gasteiger partial charge in [0.05, 0.1) is 6.26 Å². The molecule has 1 aromatic rings. The van der Waals surface area contributed by atoms with E-state index in [9.17, 15) is 14.4 Å². The lowest BCUT2D eigenvalue weighted by atomic mass is 9.86. The number of nitrogens with one attached hydrogen (secondary N) is 1. The van der Waals surface area contributed by atoms with E-state index in [1.165, 1.54) is 30.0 Å². The maximum Gasteiger partial charge on any atom is 0.330 e. The molecule has 0 radical (unpaired) electrons. The lowest BCUT2D eigenvalue weighted by molar-refractivity contribution is -0.161. The fraction of sp³-hybridized carbons (Fsp3) is 0.650. The molecular formula is C20H28N2O5S. The van der Waals surface area contributed by atoms with Gasteiger partial charge in [-0.15, -0.1) is 11.8 Å². The van der Waals surface area contributed by atoms with E-state index in [0.29, 0.717) is 17.4 Å². The van der Waals surface area contributed by atoms with Gasteiger partial charge in [-0.05, 0) is 37.8 Å². The number of carbonyl (C=O) groups excluding carboxylic acids is 3. The van der Waals surface area contributed by atoms with Gasteiger partial charge in [-0.1, -0.05) is 19.8 Å². The summed E-state index contributed by atoms with van der Waals surface area (Å²) < 4.78 is 10.8. The van der Waals surface area contributed by atoms with Crippen LogP contribution in [0.3, 0.4) is 0 Å². The summed E-state index contributed by atoms with van der Waals surface area (Å²) in [5.41, 5.74) is 0. The summed E-state index contributed by atoms with van der Waals surface area (Å²) in [5, 5.41) is 2.65. The molecule has 1 aliphatic heterocycles. The average molecular weight is 409 g/mol. The third-order valence-corrected chi connectivity index (χ3v) is 6.81. The molecule has 0 aromatic carbocycles. The van der Waals surface area contributed by atoms with Crippen molar-refractivity contribution in [3.63, 3.8) is 0 Å². The predicted molar refractivity (Wildman–Crippen MR) is 105 cm³/mol. The molecule has 28 heavy (non-hydrogen) atoms. The molecule has 2 heterocycles. The van der Waals surface area contributed by atoms with Gasteiger partial charge >= 0.3 is 5.97 Å². The minimum Gasteiger partial charge on any atom is -0.466 e. The molecule has 1 aliphatic carbocycles. The molecule has 3 rings (SSSR count). The number of esters is 1. The Kier molecular flexibility index (Phi) is 6.69. The van der Waals surface area contributed by atoms with Crippen molar-refractivity contribution in [1.82, 2.24) is 10.2 Å². The van der Waals surface area contributed by atoms with E-state index in [0.717, 1.165) is 19.3 Å². The Morgan fingerprint density at radius 3 is 2.71 bits per heavy atom. The topological polar surface area (TPSA) is 88.8 Å². The maximum atomic E-state index is 12.7. The third-order valence-electron chi connectivity index (χ3n) is 5.52. The molecule has 5 atom stereocenters. The highest BCUT2D eigenvalue weighted by molar-refractivity contribution is 7.99. The van der Waals surface area contributed by atoms with Crippen LogP contribution in [0.1, 0.15) is 57.6 Å². The number of furan rings is 1. The fourth-order valence-corrected chi connectivity index (χ4v) is 5.28. The van der Waals surface area contributed by atoms with Crippen LogP contribution in [-0.2, 0) is 19.1 Å². The van der Waals surface area contributed by atoms with Crippen molar-refractivity contribution >= 4 is 29.5 Å². The van der Waals surface area contributed by atoms with Crippen molar-refractivity contribution in [1.29, 1.82) is 0 Å². The zero-order valence-corrected chi connectivity index (χ0v) is 17.4. The highest BCUT2D eigenvalue weighted by atomic mass is 32.2. The van der Waals surface area contributed by atoms with Gasteiger partial charge in [-0.3, -0.25) is 9.59 Å². The Labute approximate surface area is 169 Å². The van der Waals surface area contributed by atoms with Crippen LogP contribution in [-0.4, -0.2) is 46.6 Å². The summed E-state index contributed by atoms with van der Waals surface area (Å²) in [6.45, 7) is 5.13. The Hall–Kier alpha value is -1.96. The third kappa shape index (κ3) is 4.54. The van der Waals surface area contributed by atoms with Crippen molar-refractivity contribution in [3.8, 4) is 0 Å². The Balaban J connectivity index is 1.59. The molecule has 8 heteroatoms. The van der Waals surface area contributed by atoms with Crippen LogP contribution in [0, 0.1) is 5.92 Å². The Bertz CT molecular complexity index is 707. The summed E-state index contributed by atoms with van der Waals surface area (Å²) in [4.78, 5) is 38.8. The Morgan fingerprint density at radius 2 is 2.07 bits per heavy atom. The standard InChI is InChI=1S/C20H28N2O5S/c1-12-7-4-5-8-15(12)21-18(24)13(2)27-20(25)16-11-28-19(22(16)14(3)23)17-9-6-10-26-17/h6,9-10,12-13,15-16,19H,4-5,7-8,11H2,1-3H3,(H,21,24)/t12-,13-,15-,16+,19-/m1/s1. The molecule has 1 saturated carbocycles. The molecule has 2 fully saturated rings. The zero-order chi connectivity index (χ0) is 20.3. The number of ether oxygens (including phenoxy) is 1. The summed E-state index contributed by atoms with van der Waals surface area (Å²) in [6, 6.07) is 2.92. The van der Waals surface area contributed by atoms with Crippen LogP contribution in [0.4, 0.5) is 0 Å². The van der Waals surface area contributed by atoms with E-state index < -0.39 is 18.1 Å². The molecule has 1 N–H and O–H groups in total. The van der Waals surface area contributed by atoms with E-state index in [-0.39, 0.29) is 23.2 Å². The highest BCUT2D eigenvalue weighted by Crippen LogP contribution is 2.41. The first-order valence-electron chi connectivity index (χ1n) is 9.83. The van der Waals surface area contributed by atoms with Crippen molar-refractivity contribution in [3.05, 3.63) is 24.2 Å². The highest BCUT2D eigenvalue weighted by Gasteiger charge is 2.43. The van der Waals surface area contributed by atoms with Gasteiger partial charge in [-0.25, -0.2) is 4.79 Å². The minimum atomic E-state index is -0.900. The van der Waals surface area contributed by atoms with Crippen LogP contribution in [0.5, 0.6) is 0 Å². The number of amides is 2. The number of thioether (sulfide) groups is 1. The summed E-state index contributed by atoms with van der Waals surface area (Å²) >= 11 is 1.45.